The number of halogens is 2. The van der Waals surface area contributed by atoms with Gasteiger partial charge in [-0.3, -0.25) is 4.79 Å². The maximum atomic E-state index is 12.6. The van der Waals surface area contributed by atoms with Crippen LogP contribution in [0, 0.1) is 0 Å². The maximum absolute atomic E-state index is 12.6. The predicted octanol–water partition coefficient (Wildman–Crippen LogP) is 5.30. The van der Waals surface area contributed by atoms with Crippen molar-refractivity contribution in [1.82, 2.24) is 10.3 Å². The average molecular weight is 563 g/mol. The van der Waals surface area contributed by atoms with Crippen LogP contribution in [0.5, 0.6) is 5.75 Å². The minimum Gasteiger partial charge on any atom is -0.494 e. The minimum atomic E-state index is -1.15. The molecule has 0 unspecified atom stereocenters. The van der Waals surface area contributed by atoms with Crippen molar-refractivity contribution in [3.8, 4) is 5.75 Å². The van der Waals surface area contributed by atoms with Crippen LogP contribution in [0.1, 0.15) is 40.0 Å². The lowest BCUT2D eigenvalue weighted by molar-refractivity contribution is -0.139. The summed E-state index contributed by atoms with van der Waals surface area (Å²) >= 11 is 12.1. The molecule has 1 atom stereocenters. The number of carbonyl (C=O) groups excluding carboxylic acids is 1. The van der Waals surface area contributed by atoms with Crippen molar-refractivity contribution < 1.29 is 19.4 Å². The van der Waals surface area contributed by atoms with Crippen molar-refractivity contribution in [2.24, 2.45) is 0 Å². The molecule has 37 heavy (non-hydrogen) atoms. The van der Waals surface area contributed by atoms with Crippen molar-refractivity contribution in [1.29, 1.82) is 0 Å². The highest BCUT2D eigenvalue weighted by Crippen LogP contribution is 2.24. The Morgan fingerprint density at radius 1 is 1.08 bits per heavy atom. The second kappa shape index (κ2) is 13.6. The fraction of sp³-hybridized carbons (Fsp3) is 0.296. The molecular weight excluding hydrogens is 533 g/mol. The summed E-state index contributed by atoms with van der Waals surface area (Å²) in [5.41, 5.74) is 3.12. The molecule has 0 spiro atoms. The molecule has 3 N–H and O–H groups in total. The van der Waals surface area contributed by atoms with Crippen LogP contribution >= 0.6 is 36.7 Å². The number of fused-ring (bicyclic) bond motifs is 1. The van der Waals surface area contributed by atoms with E-state index in [1.54, 1.807) is 30.3 Å². The van der Waals surface area contributed by atoms with Crippen LogP contribution in [0.2, 0.25) is 10.0 Å². The molecule has 0 fully saturated rings. The summed E-state index contributed by atoms with van der Waals surface area (Å²) in [5.74, 6) is -0.0985. The quantitative estimate of drug-likeness (QED) is 0.290. The van der Waals surface area contributed by atoms with Crippen LogP contribution < -0.4 is 15.4 Å². The Hall–Kier alpha value is -2.94. The molecule has 0 radical (unpaired) electrons. The molecule has 3 aromatic rings. The van der Waals surface area contributed by atoms with Crippen LogP contribution in [0.3, 0.4) is 0 Å². The SMILES string of the molecule is O=C(N[C@@H](Cc1ccc(OCCCc2ccc3c(n2)NCCC3)cc1)C(=O)O)c1c(Cl)cccc1Cl.S. The van der Waals surface area contributed by atoms with Gasteiger partial charge in [-0.05, 0) is 67.1 Å². The highest BCUT2D eigenvalue weighted by molar-refractivity contribution is 7.59. The first-order valence-corrected chi connectivity index (χ1v) is 12.6. The molecule has 4 rings (SSSR count). The van der Waals surface area contributed by atoms with Crippen LogP contribution in [0.15, 0.2) is 54.6 Å². The first-order chi connectivity index (χ1) is 17.4. The molecule has 1 aliphatic rings. The number of carboxylic acids is 1. The Kier molecular flexibility index (Phi) is 10.5. The minimum absolute atomic E-state index is 0. The lowest BCUT2D eigenvalue weighted by atomic mass is 10.1. The zero-order chi connectivity index (χ0) is 25.5. The third kappa shape index (κ3) is 7.77. The molecule has 1 amide bonds. The first kappa shape index (κ1) is 28.6. The number of aryl methyl sites for hydroxylation is 2. The number of carbonyl (C=O) groups is 2. The lowest BCUT2D eigenvalue weighted by Crippen LogP contribution is -2.42. The second-order valence-corrected chi connectivity index (χ2v) is 9.42. The monoisotopic (exact) mass is 561 g/mol. The fourth-order valence-corrected chi connectivity index (χ4v) is 4.62. The number of hydrogen-bond donors (Lipinski definition) is 3. The Labute approximate surface area is 233 Å². The number of carboxylic acid groups (broad SMARTS) is 1. The summed E-state index contributed by atoms with van der Waals surface area (Å²) in [6.45, 7) is 1.51. The van der Waals surface area contributed by atoms with Gasteiger partial charge in [-0.25, -0.2) is 9.78 Å². The van der Waals surface area contributed by atoms with E-state index < -0.39 is 17.9 Å². The van der Waals surface area contributed by atoms with Gasteiger partial charge >= 0.3 is 5.97 Å². The predicted molar refractivity (Wildman–Crippen MR) is 151 cm³/mol. The molecule has 7 nitrogen and oxygen atoms in total. The summed E-state index contributed by atoms with van der Waals surface area (Å²) in [6.07, 6.45) is 3.96. The molecule has 10 heteroatoms. The van der Waals surface area contributed by atoms with E-state index in [9.17, 15) is 14.7 Å². The van der Waals surface area contributed by atoms with E-state index >= 15 is 0 Å². The van der Waals surface area contributed by atoms with Crippen molar-refractivity contribution in [3.05, 3.63) is 87.0 Å². The Morgan fingerprint density at radius 3 is 2.51 bits per heavy atom. The van der Waals surface area contributed by atoms with Crippen molar-refractivity contribution in [2.45, 2.75) is 38.1 Å². The van der Waals surface area contributed by atoms with Gasteiger partial charge in [-0.15, -0.1) is 0 Å². The van der Waals surface area contributed by atoms with Crippen LogP contribution in [0.4, 0.5) is 5.82 Å². The topological polar surface area (TPSA) is 101 Å². The van der Waals surface area contributed by atoms with Gasteiger partial charge in [0.2, 0.25) is 0 Å². The summed E-state index contributed by atoms with van der Waals surface area (Å²) in [4.78, 5) is 29.1. The number of ether oxygens (including phenoxy) is 1. The van der Waals surface area contributed by atoms with E-state index in [0.717, 1.165) is 49.3 Å². The van der Waals surface area contributed by atoms with E-state index in [1.807, 2.05) is 0 Å². The molecule has 1 aromatic heterocycles. The zero-order valence-corrected chi connectivity index (χ0v) is 22.6. The third-order valence-corrected chi connectivity index (χ3v) is 6.58. The van der Waals surface area contributed by atoms with Gasteiger partial charge < -0.3 is 20.5 Å². The zero-order valence-electron chi connectivity index (χ0n) is 20.1. The number of aromatic nitrogens is 1. The molecule has 2 aromatic carbocycles. The van der Waals surface area contributed by atoms with Crippen LogP contribution in [-0.2, 0) is 24.1 Å². The molecule has 0 bridgehead atoms. The number of nitrogens with zero attached hydrogens (tertiary/aromatic N) is 1. The normalized spacial score (nSPS) is 12.9. The van der Waals surface area contributed by atoms with Crippen molar-refractivity contribution >= 4 is 54.4 Å². The number of hydrogen-bond acceptors (Lipinski definition) is 5. The number of anilines is 1. The van der Waals surface area contributed by atoms with E-state index in [0.29, 0.717) is 12.4 Å². The standard InChI is InChI=1S/C27H27Cl2N3O4.H2S/c28-21-6-1-7-22(29)24(21)26(33)32-23(27(34)35)16-17-8-12-20(13-9-17)36-15-3-5-19-11-10-18-4-2-14-30-25(18)31-19;/h1,6-13,23H,2-5,14-16H2,(H,30,31)(H,32,33)(H,34,35);1H2/t23-;/m0./s1. The molecule has 1 aliphatic heterocycles. The summed E-state index contributed by atoms with van der Waals surface area (Å²) in [5, 5.41) is 15.8. The number of aliphatic carboxylic acids is 1. The van der Waals surface area contributed by atoms with Crippen LogP contribution in [-0.4, -0.2) is 41.2 Å². The number of rotatable bonds is 10. The summed E-state index contributed by atoms with van der Waals surface area (Å²) < 4.78 is 5.84. The van der Waals surface area contributed by atoms with Gasteiger partial charge in [0.1, 0.15) is 17.6 Å². The number of pyridine rings is 1. The van der Waals surface area contributed by atoms with E-state index in [1.165, 1.54) is 17.7 Å². The molecular formula is C27H29Cl2N3O4S. The number of benzene rings is 2. The molecule has 2 heterocycles. The van der Waals surface area contributed by atoms with Crippen molar-refractivity contribution in [2.75, 3.05) is 18.5 Å². The van der Waals surface area contributed by atoms with E-state index in [4.69, 9.17) is 32.9 Å². The highest BCUT2D eigenvalue weighted by atomic mass is 35.5. The second-order valence-electron chi connectivity index (χ2n) is 8.60. The van der Waals surface area contributed by atoms with Gasteiger partial charge in [0.25, 0.3) is 5.91 Å². The van der Waals surface area contributed by atoms with Gasteiger partial charge in [-0.2, -0.15) is 13.5 Å². The highest BCUT2D eigenvalue weighted by Gasteiger charge is 2.23. The number of amides is 1. The van der Waals surface area contributed by atoms with Gasteiger partial charge in [0.05, 0.1) is 22.2 Å². The fourth-order valence-electron chi connectivity index (χ4n) is 4.05. The summed E-state index contributed by atoms with van der Waals surface area (Å²) in [6, 6.07) is 14.9. The maximum Gasteiger partial charge on any atom is 0.326 e. The smallest absolute Gasteiger partial charge is 0.326 e. The van der Waals surface area contributed by atoms with Gasteiger partial charge in [0.15, 0.2) is 0 Å². The lowest BCUT2D eigenvalue weighted by Gasteiger charge is -2.17. The average Bonchev–Trinajstić information content (AvgIpc) is 2.87. The summed E-state index contributed by atoms with van der Waals surface area (Å²) in [7, 11) is 0. The van der Waals surface area contributed by atoms with E-state index in [2.05, 4.69) is 22.8 Å². The Balaban J connectivity index is 0.00000380. The molecule has 0 saturated heterocycles. The largest absolute Gasteiger partial charge is 0.494 e. The van der Waals surface area contributed by atoms with Gasteiger partial charge in [0, 0.05) is 18.7 Å². The van der Waals surface area contributed by atoms with E-state index in [-0.39, 0.29) is 35.5 Å². The Bertz CT molecular complexity index is 1220. The number of nitrogens with one attached hydrogen (secondary N) is 2. The van der Waals surface area contributed by atoms with Crippen LogP contribution in [0.25, 0.3) is 0 Å². The van der Waals surface area contributed by atoms with Crippen molar-refractivity contribution in [3.63, 3.8) is 0 Å². The third-order valence-electron chi connectivity index (χ3n) is 5.95. The molecule has 0 aliphatic carbocycles. The first-order valence-electron chi connectivity index (χ1n) is 11.8. The van der Waals surface area contributed by atoms with Gasteiger partial charge in [-0.1, -0.05) is 47.5 Å². The Morgan fingerprint density at radius 2 is 1.81 bits per heavy atom. The molecule has 0 saturated carbocycles. The molecule has 196 valence electrons.